The van der Waals surface area contributed by atoms with Gasteiger partial charge in [0.05, 0.1) is 5.69 Å². The third-order valence-corrected chi connectivity index (χ3v) is 3.55. The summed E-state index contributed by atoms with van der Waals surface area (Å²) in [6, 6.07) is 9.80. The summed E-state index contributed by atoms with van der Waals surface area (Å²) < 4.78 is 0. The molecule has 0 radical (unpaired) electrons. The number of hydrogen-bond acceptors (Lipinski definition) is 2. The Bertz CT molecular complexity index is 553. The Kier molecular flexibility index (Phi) is 4.81. The monoisotopic (exact) mass is 294 g/mol. The Morgan fingerprint density at radius 3 is 2.63 bits per heavy atom. The predicted molar refractivity (Wildman–Crippen MR) is 80.7 cm³/mol. The summed E-state index contributed by atoms with van der Waals surface area (Å²) >= 11 is 12.1. The zero-order valence-corrected chi connectivity index (χ0v) is 12.5. The molecule has 0 amide bonds. The average Bonchev–Trinajstić information content (AvgIpc) is 2.37. The van der Waals surface area contributed by atoms with Crippen LogP contribution in [-0.2, 0) is 6.54 Å². The number of halogens is 2. The number of nitrogens with zero attached hydrogens (tertiary/aromatic N) is 1. The first-order chi connectivity index (χ1) is 9.06. The molecule has 0 saturated carbocycles. The molecule has 100 valence electrons. The molecule has 0 aliphatic carbocycles. The standard InChI is InChI=1S/C15H16Cl2N2/c1-10-3-5-13(19-8-10)9-18-11(2)14-6-4-12(16)7-15(14)17/h3-8,11,18H,9H2,1-2H3. The van der Waals surface area contributed by atoms with Gasteiger partial charge in [-0.2, -0.15) is 0 Å². The van der Waals surface area contributed by atoms with Crippen molar-refractivity contribution in [2.24, 2.45) is 0 Å². The summed E-state index contributed by atoms with van der Waals surface area (Å²) in [6.45, 7) is 4.81. The molecule has 19 heavy (non-hydrogen) atoms. The highest BCUT2D eigenvalue weighted by Gasteiger charge is 2.09. The second kappa shape index (κ2) is 6.38. The van der Waals surface area contributed by atoms with Gasteiger partial charge in [-0.05, 0) is 43.2 Å². The topological polar surface area (TPSA) is 24.9 Å². The van der Waals surface area contributed by atoms with E-state index in [1.807, 2.05) is 31.3 Å². The summed E-state index contributed by atoms with van der Waals surface area (Å²) in [5.41, 5.74) is 3.22. The molecule has 0 saturated heterocycles. The van der Waals surface area contributed by atoms with Crippen LogP contribution in [0.5, 0.6) is 0 Å². The Balaban J connectivity index is 2.01. The highest BCUT2D eigenvalue weighted by Crippen LogP contribution is 2.26. The van der Waals surface area contributed by atoms with E-state index >= 15 is 0 Å². The van der Waals surface area contributed by atoms with Crippen LogP contribution in [0.2, 0.25) is 10.0 Å². The Labute approximate surface area is 123 Å². The molecule has 1 aromatic carbocycles. The van der Waals surface area contributed by atoms with Crippen LogP contribution in [0.15, 0.2) is 36.5 Å². The van der Waals surface area contributed by atoms with Gasteiger partial charge in [0.25, 0.3) is 0 Å². The first kappa shape index (κ1) is 14.3. The zero-order chi connectivity index (χ0) is 13.8. The lowest BCUT2D eigenvalue weighted by Gasteiger charge is -2.15. The SMILES string of the molecule is Cc1ccc(CNC(C)c2ccc(Cl)cc2Cl)nc1. The molecule has 2 rings (SSSR count). The molecule has 1 unspecified atom stereocenters. The fourth-order valence-corrected chi connectivity index (χ4v) is 2.40. The van der Waals surface area contributed by atoms with Gasteiger partial charge >= 0.3 is 0 Å². The molecule has 1 atom stereocenters. The quantitative estimate of drug-likeness (QED) is 0.895. The number of nitrogens with one attached hydrogen (secondary N) is 1. The molecule has 1 N–H and O–H groups in total. The van der Waals surface area contributed by atoms with E-state index in [9.17, 15) is 0 Å². The van der Waals surface area contributed by atoms with Crippen LogP contribution in [0.1, 0.15) is 29.8 Å². The molecule has 4 heteroatoms. The average molecular weight is 295 g/mol. The summed E-state index contributed by atoms with van der Waals surface area (Å²) in [5.74, 6) is 0. The summed E-state index contributed by atoms with van der Waals surface area (Å²) in [6.07, 6.45) is 1.87. The highest BCUT2D eigenvalue weighted by atomic mass is 35.5. The van der Waals surface area contributed by atoms with Crippen molar-refractivity contribution in [3.05, 3.63) is 63.4 Å². The van der Waals surface area contributed by atoms with E-state index in [-0.39, 0.29) is 6.04 Å². The van der Waals surface area contributed by atoms with Crippen LogP contribution >= 0.6 is 23.2 Å². The number of pyridine rings is 1. The minimum atomic E-state index is 0.146. The number of aryl methyl sites for hydroxylation is 1. The predicted octanol–water partition coefficient (Wildman–Crippen LogP) is 4.55. The van der Waals surface area contributed by atoms with Gasteiger partial charge in [-0.25, -0.2) is 0 Å². The largest absolute Gasteiger partial charge is 0.305 e. The van der Waals surface area contributed by atoms with Gasteiger partial charge in [-0.15, -0.1) is 0 Å². The van der Waals surface area contributed by atoms with Crippen LogP contribution in [0.4, 0.5) is 0 Å². The second-order valence-electron chi connectivity index (χ2n) is 4.60. The van der Waals surface area contributed by atoms with Crippen LogP contribution in [-0.4, -0.2) is 4.98 Å². The normalized spacial score (nSPS) is 12.4. The van der Waals surface area contributed by atoms with Crippen molar-refractivity contribution in [3.8, 4) is 0 Å². The third-order valence-electron chi connectivity index (χ3n) is 2.99. The van der Waals surface area contributed by atoms with Gasteiger partial charge in [0.2, 0.25) is 0 Å². The Hall–Kier alpha value is -1.09. The number of rotatable bonds is 4. The zero-order valence-electron chi connectivity index (χ0n) is 11.0. The van der Waals surface area contributed by atoms with E-state index in [0.717, 1.165) is 16.8 Å². The molecule has 1 heterocycles. The van der Waals surface area contributed by atoms with Crippen molar-refractivity contribution in [1.82, 2.24) is 10.3 Å². The Morgan fingerprint density at radius 1 is 1.21 bits per heavy atom. The Morgan fingerprint density at radius 2 is 2.00 bits per heavy atom. The van der Waals surface area contributed by atoms with Gasteiger partial charge < -0.3 is 5.32 Å². The fraction of sp³-hybridized carbons (Fsp3) is 0.267. The van der Waals surface area contributed by atoms with E-state index in [4.69, 9.17) is 23.2 Å². The molecule has 0 fully saturated rings. The maximum absolute atomic E-state index is 6.19. The molecule has 2 nitrogen and oxygen atoms in total. The van der Waals surface area contributed by atoms with Crippen molar-refractivity contribution >= 4 is 23.2 Å². The molecular weight excluding hydrogens is 279 g/mol. The van der Waals surface area contributed by atoms with Crippen molar-refractivity contribution in [2.75, 3.05) is 0 Å². The van der Waals surface area contributed by atoms with Gasteiger partial charge in [0, 0.05) is 28.8 Å². The molecule has 0 aliphatic heterocycles. The lowest BCUT2D eigenvalue weighted by molar-refractivity contribution is 0.568. The van der Waals surface area contributed by atoms with Crippen LogP contribution < -0.4 is 5.32 Å². The van der Waals surface area contributed by atoms with Crippen molar-refractivity contribution in [2.45, 2.75) is 26.4 Å². The summed E-state index contributed by atoms with van der Waals surface area (Å²) in [4.78, 5) is 4.36. The van der Waals surface area contributed by atoms with Crippen molar-refractivity contribution in [3.63, 3.8) is 0 Å². The van der Waals surface area contributed by atoms with E-state index in [1.165, 1.54) is 0 Å². The van der Waals surface area contributed by atoms with Gasteiger partial charge in [-0.1, -0.05) is 35.3 Å². The minimum absolute atomic E-state index is 0.146. The van der Waals surface area contributed by atoms with Crippen molar-refractivity contribution < 1.29 is 0 Å². The second-order valence-corrected chi connectivity index (χ2v) is 5.44. The summed E-state index contributed by atoms with van der Waals surface area (Å²) in [7, 11) is 0. The number of benzene rings is 1. The fourth-order valence-electron chi connectivity index (χ4n) is 1.82. The molecule has 0 spiro atoms. The maximum Gasteiger partial charge on any atom is 0.0542 e. The van der Waals surface area contributed by atoms with Gasteiger partial charge in [0.15, 0.2) is 0 Å². The van der Waals surface area contributed by atoms with Gasteiger partial charge in [-0.3, -0.25) is 4.98 Å². The first-order valence-corrected chi connectivity index (χ1v) is 6.91. The molecular formula is C15H16Cl2N2. The van der Waals surface area contributed by atoms with E-state index in [0.29, 0.717) is 16.6 Å². The number of hydrogen-bond donors (Lipinski definition) is 1. The lowest BCUT2D eigenvalue weighted by atomic mass is 10.1. The van der Waals surface area contributed by atoms with E-state index < -0.39 is 0 Å². The molecule has 2 aromatic rings. The van der Waals surface area contributed by atoms with Crippen LogP contribution in [0.25, 0.3) is 0 Å². The first-order valence-electron chi connectivity index (χ1n) is 6.16. The van der Waals surface area contributed by atoms with Crippen LogP contribution in [0.3, 0.4) is 0 Å². The van der Waals surface area contributed by atoms with Gasteiger partial charge in [0.1, 0.15) is 0 Å². The third kappa shape index (κ3) is 3.93. The lowest BCUT2D eigenvalue weighted by Crippen LogP contribution is -2.19. The van der Waals surface area contributed by atoms with Crippen molar-refractivity contribution in [1.29, 1.82) is 0 Å². The molecule has 0 aliphatic rings. The highest BCUT2D eigenvalue weighted by molar-refractivity contribution is 6.35. The number of aromatic nitrogens is 1. The summed E-state index contributed by atoms with van der Waals surface area (Å²) in [5, 5.41) is 4.74. The molecule has 0 bridgehead atoms. The van der Waals surface area contributed by atoms with E-state index in [2.05, 4.69) is 23.3 Å². The minimum Gasteiger partial charge on any atom is -0.305 e. The molecule has 1 aromatic heterocycles. The van der Waals surface area contributed by atoms with E-state index in [1.54, 1.807) is 6.07 Å². The van der Waals surface area contributed by atoms with Crippen LogP contribution in [0, 0.1) is 6.92 Å². The smallest absolute Gasteiger partial charge is 0.0542 e. The maximum atomic E-state index is 6.19.